The lowest BCUT2D eigenvalue weighted by Gasteiger charge is -2.25. The Balaban J connectivity index is 1.23. The molecule has 0 aliphatic carbocycles. The highest BCUT2D eigenvalue weighted by Crippen LogP contribution is 2.31. The quantitative estimate of drug-likeness (QED) is 0.0439. The first-order chi connectivity index (χ1) is 25.4. The fraction of sp³-hybridized carbons (Fsp3) is 0.721. The third-order valence-corrected chi connectivity index (χ3v) is 10.9. The van der Waals surface area contributed by atoms with Crippen molar-refractivity contribution >= 4 is 16.9 Å². The summed E-state index contributed by atoms with van der Waals surface area (Å²) in [5.41, 5.74) is 2.91. The number of carbonyl (C=O) groups is 1. The van der Waals surface area contributed by atoms with Crippen molar-refractivity contribution in [2.24, 2.45) is 0 Å². The van der Waals surface area contributed by atoms with Crippen LogP contribution in [-0.4, -0.2) is 45.4 Å². The van der Waals surface area contributed by atoms with E-state index in [0.29, 0.717) is 31.5 Å². The Labute approximate surface area is 312 Å². The third-order valence-electron chi connectivity index (χ3n) is 10.9. The second kappa shape index (κ2) is 23.6. The normalized spacial score (nSPS) is 13.6. The number of fused-ring (bicyclic) bond motifs is 2. The van der Waals surface area contributed by atoms with Crippen LogP contribution in [0.2, 0.25) is 0 Å². The van der Waals surface area contributed by atoms with Gasteiger partial charge in [0.1, 0.15) is 18.4 Å². The van der Waals surface area contributed by atoms with Gasteiger partial charge in [-0.1, -0.05) is 115 Å². The van der Waals surface area contributed by atoms with Crippen molar-refractivity contribution in [3.05, 3.63) is 57.1 Å². The fourth-order valence-electron chi connectivity index (χ4n) is 7.74. The number of esters is 1. The summed E-state index contributed by atoms with van der Waals surface area (Å²) in [5, 5.41) is 5.20. The molecule has 9 heteroatoms. The van der Waals surface area contributed by atoms with Crippen molar-refractivity contribution < 1.29 is 18.4 Å². The van der Waals surface area contributed by atoms with Crippen LogP contribution >= 0.6 is 0 Å². The minimum atomic E-state index is -0.345. The minimum absolute atomic E-state index is 0.0671. The number of nitrogens with zero attached hydrogens (tertiary/aromatic N) is 4. The zero-order valence-corrected chi connectivity index (χ0v) is 32.7. The number of rotatable bonds is 27. The van der Waals surface area contributed by atoms with Crippen LogP contribution in [0.25, 0.3) is 11.0 Å². The molecule has 0 radical (unpaired) electrons. The highest BCUT2D eigenvalue weighted by molar-refractivity contribution is 5.79. The summed E-state index contributed by atoms with van der Waals surface area (Å²) in [6.45, 7) is 8.49. The molecule has 3 heterocycles. The van der Waals surface area contributed by atoms with Crippen LogP contribution in [-0.2, 0) is 28.9 Å². The number of halogens is 1. The highest BCUT2D eigenvalue weighted by atomic mass is 19.1. The van der Waals surface area contributed by atoms with Gasteiger partial charge in [0, 0.05) is 61.1 Å². The van der Waals surface area contributed by atoms with Crippen LogP contribution in [0, 0.1) is 12.7 Å². The molecule has 1 aliphatic heterocycles. The molecule has 0 amide bonds. The number of unbranched alkanes of at least 4 members (excludes halogenated alkanes) is 14. The summed E-state index contributed by atoms with van der Waals surface area (Å²) in [6, 6.07) is 4.58. The average molecular weight is 723 g/mol. The Hall–Kier alpha value is -3.07. The Kier molecular flexibility index (Phi) is 18.9. The molecule has 4 rings (SSSR count). The van der Waals surface area contributed by atoms with Crippen molar-refractivity contribution in [2.45, 2.75) is 181 Å². The Bertz CT molecular complexity index is 1540. The van der Waals surface area contributed by atoms with Crippen molar-refractivity contribution in [2.75, 3.05) is 19.8 Å². The summed E-state index contributed by atoms with van der Waals surface area (Å²) in [6.07, 6.45) is 25.9. The summed E-state index contributed by atoms with van der Waals surface area (Å²) in [7, 11) is 0. The van der Waals surface area contributed by atoms with Crippen molar-refractivity contribution in [3.8, 4) is 0 Å². The van der Waals surface area contributed by atoms with Gasteiger partial charge in [-0.3, -0.25) is 19.1 Å². The highest BCUT2D eigenvalue weighted by Gasteiger charge is 2.22. The van der Waals surface area contributed by atoms with Crippen molar-refractivity contribution in [1.29, 1.82) is 0 Å². The SMILES string of the molecule is CCCCCCCCCCCCCCCCCC(=O)OCN(CCc1c(C)nc2n(c1=O)CCCC2)CCC(CCC)c1noc2cc(F)ccc12. The van der Waals surface area contributed by atoms with Gasteiger partial charge in [0.15, 0.2) is 5.58 Å². The Morgan fingerprint density at radius 2 is 1.58 bits per heavy atom. The first-order valence-electron chi connectivity index (χ1n) is 20.9. The minimum Gasteiger partial charge on any atom is -0.449 e. The lowest BCUT2D eigenvalue weighted by atomic mass is 9.93. The molecule has 0 saturated heterocycles. The van der Waals surface area contributed by atoms with E-state index in [4.69, 9.17) is 14.2 Å². The largest absolute Gasteiger partial charge is 0.449 e. The van der Waals surface area contributed by atoms with Crippen LogP contribution in [0.5, 0.6) is 0 Å². The van der Waals surface area contributed by atoms with Crippen LogP contribution < -0.4 is 5.56 Å². The van der Waals surface area contributed by atoms with Gasteiger partial charge in [-0.15, -0.1) is 0 Å². The molecule has 1 aromatic carbocycles. The molecule has 1 unspecified atom stereocenters. The van der Waals surface area contributed by atoms with Crippen molar-refractivity contribution in [1.82, 2.24) is 19.6 Å². The number of benzene rings is 1. The van der Waals surface area contributed by atoms with Gasteiger partial charge >= 0.3 is 5.97 Å². The van der Waals surface area contributed by atoms with Gasteiger partial charge in [0.05, 0.1) is 5.69 Å². The molecule has 0 spiro atoms. The molecule has 52 heavy (non-hydrogen) atoms. The second-order valence-electron chi connectivity index (χ2n) is 15.2. The summed E-state index contributed by atoms with van der Waals surface area (Å²) < 4.78 is 27.0. The number of aromatic nitrogens is 3. The van der Waals surface area contributed by atoms with Crippen LogP contribution in [0.15, 0.2) is 27.5 Å². The van der Waals surface area contributed by atoms with Crippen LogP contribution in [0.4, 0.5) is 4.39 Å². The van der Waals surface area contributed by atoms with Gasteiger partial charge in [0.25, 0.3) is 5.56 Å². The Morgan fingerprint density at radius 3 is 2.25 bits per heavy atom. The van der Waals surface area contributed by atoms with Crippen LogP contribution in [0.3, 0.4) is 0 Å². The van der Waals surface area contributed by atoms with E-state index < -0.39 is 0 Å². The monoisotopic (exact) mass is 723 g/mol. The van der Waals surface area contributed by atoms with E-state index in [1.165, 1.54) is 95.6 Å². The second-order valence-corrected chi connectivity index (χ2v) is 15.2. The van der Waals surface area contributed by atoms with Crippen LogP contribution in [0.1, 0.15) is 177 Å². The predicted molar refractivity (Wildman–Crippen MR) is 208 cm³/mol. The van der Waals surface area contributed by atoms with Gasteiger partial charge in [-0.05, 0) is 57.6 Å². The number of carbonyl (C=O) groups excluding carboxylic acids is 1. The van der Waals surface area contributed by atoms with E-state index in [1.54, 1.807) is 6.07 Å². The molecule has 0 fully saturated rings. The number of hydrogen-bond donors (Lipinski definition) is 0. The standard InChI is InChI=1S/C43H67FN4O4/c1-4-6-7-8-9-10-11-12-13-14-15-16-17-18-19-24-41(49)51-33-47(31-28-37-34(3)45-40-23-20-21-29-48(40)43(37)50)30-27-35(22-5-2)42-38-26-25-36(44)32-39(38)52-46-42/h25-26,32,35H,4-24,27-31,33H2,1-3H3. The number of ether oxygens (including phenoxy) is 1. The number of hydrogen-bond acceptors (Lipinski definition) is 7. The molecule has 0 N–H and O–H groups in total. The topological polar surface area (TPSA) is 90.5 Å². The summed E-state index contributed by atoms with van der Waals surface area (Å²) in [5.74, 6) is 0.487. The molecule has 290 valence electrons. The van der Waals surface area contributed by atoms with E-state index in [1.807, 2.05) is 11.5 Å². The maximum absolute atomic E-state index is 13.8. The molecule has 3 aromatic rings. The van der Waals surface area contributed by atoms with E-state index in [9.17, 15) is 14.0 Å². The van der Waals surface area contributed by atoms with Crippen molar-refractivity contribution in [3.63, 3.8) is 0 Å². The van der Waals surface area contributed by atoms with E-state index in [2.05, 4.69) is 23.9 Å². The predicted octanol–water partition coefficient (Wildman–Crippen LogP) is 10.7. The molecule has 8 nitrogen and oxygen atoms in total. The van der Waals surface area contributed by atoms with E-state index in [0.717, 1.165) is 86.1 Å². The summed E-state index contributed by atoms with van der Waals surface area (Å²) in [4.78, 5) is 33.3. The molecule has 1 atom stereocenters. The van der Waals surface area contributed by atoms with Gasteiger partial charge < -0.3 is 9.26 Å². The van der Waals surface area contributed by atoms with E-state index in [-0.39, 0.29) is 30.0 Å². The smallest absolute Gasteiger partial charge is 0.307 e. The average Bonchev–Trinajstić information content (AvgIpc) is 3.56. The van der Waals surface area contributed by atoms with Gasteiger partial charge in [0.2, 0.25) is 0 Å². The maximum Gasteiger partial charge on any atom is 0.307 e. The molecule has 2 aromatic heterocycles. The first-order valence-corrected chi connectivity index (χ1v) is 20.9. The molecule has 0 saturated carbocycles. The molecular formula is C43H67FN4O4. The molecular weight excluding hydrogens is 655 g/mol. The number of aryl methyl sites for hydroxylation is 2. The van der Waals surface area contributed by atoms with E-state index >= 15 is 0 Å². The zero-order valence-electron chi connectivity index (χ0n) is 32.7. The lowest BCUT2D eigenvalue weighted by Crippen LogP contribution is -2.36. The Morgan fingerprint density at radius 1 is 0.904 bits per heavy atom. The van der Waals surface area contributed by atoms with Gasteiger partial charge in [-0.2, -0.15) is 0 Å². The molecule has 1 aliphatic rings. The first kappa shape index (κ1) is 41.7. The molecule has 0 bridgehead atoms. The van der Waals surface area contributed by atoms with Gasteiger partial charge in [-0.25, -0.2) is 9.37 Å². The maximum atomic E-state index is 13.8. The lowest BCUT2D eigenvalue weighted by molar-refractivity contribution is -0.148. The fourth-order valence-corrected chi connectivity index (χ4v) is 7.74. The third kappa shape index (κ3) is 13.7. The summed E-state index contributed by atoms with van der Waals surface area (Å²) >= 11 is 0. The zero-order chi connectivity index (χ0) is 37.0.